The summed E-state index contributed by atoms with van der Waals surface area (Å²) in [6, 6.07) is 10.7. The molecule has 0 aliphatic heterocycles. The van der Waals surface area contributed by atoms with Crippen LogP contribution in [0.1, 0.15) is 11.3 Å². The third-order valence-electron chi connectivity index (χ3n) is 4.60. The van der Waals surface area contributed by atoms with Gasteiger partial charge in [-0.1, -0.05) is 11.6 Å². The molecule has 1 heterocycles. The van der Waals surface area contributed by atoms with Gasteiger partial charge in [-0.25, -0.2) is 13.8 Å². The summed E-state index contributed by atoms with van der Waals surface area (Å²) in [5, 5.41) is 14.1. The Balaban J connectivity index is 1.71. The lowest BCUT2D eigenvalue weighted by Gasteiger charge is -2.23. The number of nitrogens with one attached hydrogen (secondary N) is 1. The number of benzene rings is 2. The Hall–Kier alpha value is -3.91. The monoisotopic (exact) mass is 544 g/mol. The van der Waals surface area contributed by atoms with Gasteiger partial charge in [-0.3, -0.25) is 19.2 Å². The molecule has 190 valence electrons. The Morgan fingerprint density at radius 2 is 1.86 bits per heavy atom. The van der Waals surface area contributed by atoms with Crippen LogP contribution in [0.5, 0.6) is 0 Å². The SMILES string of the molecule is CS(=O)(=O)N(CC(=O)N/N=C\c1ccc(-c2ccc([N+](=O)[O-])cc2)o1)c1cc(C(F)(F)F)ccc1Cl. The maximum atomic E-state index is 13.1. The first-order valence-electron chi connectivity index (χ1n) is 9.77. The molecule has 0 spiro atoms. The lowest BCUT2D eigenvalue weighted by molar-refractivity contribution is -0.384. The number of furan rings is 1. The average molecular weight is 545 g/mol. The van der Waals surface area contributed by atoms with E-state index in [9.17, 15) is 36.5 Å². The molecule has 0 aliphatic rings. The van der Waals surface area contributed by atoms with E-state index in [-0.39, 0.29) is 16.5 Å². The number of anilines is 1. The molecule has 15 heteroatoms. The van der Waals surface area contributed by atoms with Crippen LogP contribution in [-0.2, 0) is 21.0 Å². The van der Waals surface area contributed by atoms with Gasteiger partial charge >= 0.3 is 6.18 Å². The lowest BCUT2D eigenvalue weighted by atomic mass is 10.1. The van der Waals surface area contributed by atoms with E-state index in [4.69, 9.17) is 16.0 Å². The highest BCUT2D eigenvalue weighted by Crippen LogP contribution is 2.36. The van der Waals surface area contributed by atoms with Crippen LogP contribution in [0.25, 0.3) is 11.3 Å². The number of hydrazone groups is 1. The van der Waals surface area contributed by atoms with Crippen LogP contribution in [0, 0.1) is 10.1 Å². The Morgan fingerprint density at radius 3 is 2.44 bits per heavy atom. The third-order valence-corrected chi connectivity index (χ3v) is 6.05. The highest BCUT2D eigenvalue weighted by molar-refractivity contribution is 7.92. The summed E-state index contributed by atoms with van der Waals surface area (Å²) in [7, 11) is -4.20. The van der Waals surface area contributed by atoms with Gasteiger partial charge in [0.05, 0.1) is 33.7 Å². The summed E-state index contributed by atoms with van der Waals surface area (Å²) in [5.41, 5.74) is 0.851. The standard InChI is InChI=1S/C21H16ClF3N4O6S/c1-36(33,34)28(18-10-14(21(23,24)25)4-8-17(18)22)12-20(30)27-26-11-16-7-9-19(35-16)13-2-5-15(6-3-13)29(31)32/h2-11H,12H2,1H3,(H,27,30)/b26-11-. The van der Waals surface area contributed by atoms with Crippen molar-refractivity contribution in [2.24, 2.45) is 5.10 Å². The second-order valence-electron chi connectivity index (χ2n) is 7.23. The van der Waals surface area contributed by atoms with Crippen LogP contribution >= 0.6 is 11.6 Å². The minimum absolute atomic E-state index is 0.0932. The second-order valence-corrected chi connectivity index (χ2v) is 9.55. The fourth-order valence-corrected chi connectivity index (χ4v) is 4.05. The zero-order chi connectivity index (χ0) is 26.7. The first kappa shape index (κ1) is 26.7. The number of carbonyl (C=O) groups is 1. The molecular formula is C21H16ClF3N4O6S. The van der Waals surface area contributed by atoms with E-state index in [1.807, 2.05) is 0 Å². The van der Waals surface area contributed by atoms with Crippen molar-refractivity contribution in [3.63, 3.8) is 0 Å². The Bertz CT molecular complexity index is 1420. The van der Waals surface area contributed by atoms with Crippen LogP contribution < -0.4 is 9.73 Å². The van der Waals surface area contributed by atoms with Crippen molar-refractivity contribution < 1.29 is 35.7 Å². The van der Waals surface area contributed by atoms with Crippen molar-refractivity contribution in [2.75, 3.05) is 17.1 Å². The molecule has 0 unspecified atom stereocenters. The molecule has 36 heavy (non-hydrogen) atoms. The van der Waals surface area contributed by atoms with E-state index in [1.165, 1.54) is 30.3 Å². The van der Waals surface area contributed by atoms with Gasteiger partial charge in [-0.05, 0) is 42.5 Å². The van der Waals surface area contributed by atoms with Crippen molar-refractivity contribution in [3.8, 4) is 11.3 Å². The molecule has 0 radical (unpaired) electrons. The van der Waals surface area contributed by atoms with Gasteiger partial charge in [-0.2, -0.15) is 18.3 Å². The van der Waals surface area contributed by atoms with Crippen molar-refractivity contribution in [3.05, 3.63) is 81.1 Å². The third kappa shape index (κ3) is 6.60. The van der Waals surface area contributed by atoms with Crippen molar-refractivity contribution in [1.82, 2.24) is 5.43 Å². The van der Waals surface area contributed by atoms with Crippen LogP contribution in [-0.4, -0.2) is 38.3 Å². The molecule has 0 saturated carbocycles. The Labute approximate surface area is 207 Å². The highest BCUT2D eigenvalue weighted by Gasteiger charge is 2.33. The van der Waals surface area contributed by atoms with E-state index >= 15 is 0 Å². The van der Waals surface area contributed by atoms with Gasteiger partial charge in [0.1, 0.15) is 18.1 Å². The van der Waals surface area contributed by atoms with E-state index in [1.54, 1.807) is 6.07 Å². The van der Waals surface area contributed by atoms with Gasteiger partial charge in [-0.15, -0.1) is 0 Å². The van der Waals surface area contributed by atoms with Gasteiger partial charge in [0.15, 0.2) is 0 Å². The molecule has 3 aromatic rings. The zero-order valence-electron chi connectivity index (χ0n) is 18.2. The number of hydrogen-bond acceptors (Lipinski definition) is 7. The highest BCUT2D eigenvalue weighted by atomic mass is 35.5. The van der Waals surface area contributed by atoms with Crippen LogP contribution in [0.2, 0.25) is 5.02 Å². The maximum absolute atomic E-state index is 13.1. The lowest BCUT2D eigenvalue weighted by Crippen LogP contribution is -2.39. The minimum Gasteiger partial charge on any atom is -0.455 e. The summed E-state index contributed by atoms with van der Waals surface area (Å²) < 4.78 is 69.5. The normalized spacial score (nSPS) is 12.0. The predicted molar refractivity (Wildman–Crippen MR) is 125 cm³/mol. The van der Waals surface area contributed by atoms with E-state index in [0.717, 1.165) is 12.3 Å². The molecule has 0 bridgehead atoms. The molecular weight excluding hydrogens is 529 g/mol. The molecule has 1 amide bonds. The quantitative estimate of drug-likeness (QED) is 0.253. The Kier molecular flexibility index (Phi) is 7.69. The number of carbonyl (C=O) groups excluding carboxylic acids is 1. The largest absolute Gasteiger partial charge is 0.455 e. The number of nitrogens with zero attached hydrogens (tertiary/aromatic N) is 3. The number of amides is 1. The van der Waals surface area contributed by atoms with Gasteiger partial charge in [0.25, 0.3) is 11.6 Å². The van der Waals surface area contributed by atoms with E-state index in [2.05, 4.69) is 10.5 Å². The number of sulfonamides is 1. The van der Waals surface area contributed by atoms with Crippen LogP contribution in [0.15, 0.2) is 64.1 Å². The number of nitro groups is 1. The number of hydrogen-bond donors (Lipinski definition) is 1. The summed E-state index contributed by atoms with van der Waals surface area (Å²) >= 11 is 5.91. The molecule has 10 nitrogen and oxygen atoms in total. The number of halogens is 4. The summed E-state index contributed by atoms with van der Waals surface area (Å²) in [6.45, 7) is -0.899. The molecule has 1 aromatic heterocycles. The fourth-order valence-electron chi connectivity index (χ4n) is 2.92. The summed E-state index contributed by atoms with van der Waals surface area (Å²) in [6.07, 6.45) is -2.94. The molecule has 0 fully saturated rings. The van der Waals surface area contributed by atoms with Crippen molar-refractivity contribution in [1.29, 1.82) is 0 Å². The van der Waals surface area contributed by atoms with Crippen LogP contribution in [0.3, 0.4) is 0 Å². The van der Waals surface area contributed by atoms with Crippen LogP contribution in [0.4, 0.5) is 24.5 Å². The number of non-ortho nitro benzene ring substituents is 1. The molecule has 1 N–H and O–H groups in total. The molecule has 0 atom stereocenters. The minimum atomic E-state index is -4.76. The maximum Gasteiger partial charge on any atom is 0.416 e. The summed E-state index contributed by atoms with van der Waals surface area (Å²) in [5.74, 6) is -0.419. The van der Waals surface area contributed by atoms with Gasteiger partial charge in [0.2, 0.25) is 10.0 Å². The smallest absolute Gasteiger partial charge is 0.416 e. The van der Waals surface area contributed by atoms with E-state index in [0.29, 0.717) is 34.0 Å². The van der Waals surface area contributed by atoms with Crippen molar-refractivity contribution >= 4 is 45.1 Å². The van der Waals surface area contributed by atoms with Crippen molar-refractivity contribution in [2.45, 2.75) is 6.18 Å². The molecule has 0 aliphatic carbocycles. The second kappa shape index (κ2) is 10.4. The first-order chi connectivity index (χ1) is 16.8. The summed E-state index contributed by atoms with van der Waals surface area (Å²) in [4.78, 5) is 22.5. The average Bonchev–Trinajstić information content (AvgIpc) is 3.25. The van der Waals surface area contributed by atoms with E-state index < -0.39 is 44.8 Å². The van der Waals surface area contributed by atoms with Gasteiger partial charge < -0.3 is 4.42 Å². The van der Waals surface area contributed by atoms with Gasteiger partial charge in [0, 0.05) is 17.7 Å². The molecule has 3 rings (SSSR count). The number of alkyl halides is 3. The number of nitro benzene ring substituents is 1. The predicted octanol–water partition coefficient (Wildman–Crippen LogP) is 4.44. The number of rotatable bonds is 8. The Morgan fingerprint density at radius 1 is 1.19 bits per heavy atom. The fraction of sp³-hybridized carbons (Fsp3) is 0.143. The first-order valence-corrected chi connectivity index (χ1v) is 12.0. The molecule has 0 saturated heterocycles. The zero-order valence-corrected chi connectivity index (χ0v) is 19.8. The topological polar surface area (TPSA) is 135 Å². The molecule has 2 aromatic carbocycles.